The van der Waals surface area contributed by atoms with E-state index >= 15 is 0 Å². The third-order valence-corrected chi connectivity index (χ3v) is 11.7. The largest absolute Gasteiger partial charge is 0.422 e. The van der Waals surface area contributed by atoms with E-state index in [0.717, 1.165) is 64.2 Å². The van der Waals surface area contributed by atoms with Gasteiger partial charge in [-0.15, -0.1) is 0 Å². The number of unbranched alkanes of at least 4 members (excludes halogenated alkanes) is 14. The minimum atomic E-state index is -0.138. The molecule has 2 aromatic rings. The molecule has 0 aliphatic heterocycles. The number of benzene rings is 2. The summed E-state index contributed by atoms with van der Waals surface area (Å²) < 4.78 is 14.2. The molecular formula is C50H88N3O4+3. The fourth-order valence-corrected chi connectivity index (χ4v) is 7.97. The molecule has 0 aliphatic rings. The SMILES string of the molecule is Cc1ccc(C(C)C)c(OC(=O)C[N+](C)(C)CCCCCCCCCC[N+](C)(C)CCCCCCCCCC[N+](C)(C)CC(=O)Oc2cc(C)ccc2C(C)C)c1. The van der Waals surface area contributed by atoms with Crippen LogP contribution in [-0.4, -0.2) is 107 Å². The van der Waals surface area contributed by atoms with Crippen LogP contribution in [0.5, 0.6) is 11.5 Å². The molecule has 0 saturated carbocycles. The van der Waals surface area contributed by atoms with E-state index in [-0.39, 0.29) is 11.9 Å². The van der Waals surface area contributed by atoms with Crippen LogP contribution in [0.1, 0.15) is 165 Å². The Morgan fingerprint density at radius 3 is 0.982 bits per heavy atom. The van der Waals surface area contributed by atoms with Crippen molar-refractivity contribution in [3.63, 3.8) is 0 Å². The lowest BCUT2D eigenvalue weighted by Crippen LogP contribution is -2.45. The molecule has 0 spiro atoms. The number of nitrogens with zero attached hydrogens (tertiary/aromatic N) is 3. The molecule has 0 saturated heterocycles. The van der Waals surface area contributed by atoms with Crippen molar-refractivity contribution in [1.29, 1.82) is 0 Å². The lowest BCUT2D eigenvalue weighted by atomic mass is 10.0. The van der Waals surface area contributed by atoms with Crippen LogP contribution in [-0.2, 0) is 9.59 Å². The zero-order valence-electron chi connectivity index (χ0n) is 39.1. The molecule has 0 fully saturated rings. The third-order valence-electron chi connectivity index (χ3n) is 11.7. The number of likely N-dealkylation sites (N-methyl/N-ethyl adjacent to an activating group) is 2. The quantitative estimate of drug-likeness (QED) is 0.0342. The van der Waals surface area contributed by atoms with E-state index in [1.807, 2.05) is 26.0 Å². The van der Waals surface area contributed by atoms with Gasteiger partial charge in [0.1, 0.15) is 11.5 Å². The number of aryl methyl sites for hydroxylation is 2. The van der Waals surface area contributed by atoms with E-state index in [2.05, 4.69) is 94.2 Å². The van der Waals surface area contributed by atoms with Crippen LogP contribution in [0.4, 0.5) is 0 Å². The first kappa shape index (κ1) is 50.4. The molecule has 7 heteroatoms. The molecule has 7 nitrogen and oxygen atoms in total. The molecule has 0 aromatic heterocycles. The van der Waals surface area contributed by atoms with Crippen LogP contribution < -0.4 is 9.47 Å². The van der Waals surface area contributed by atoms with Crippen molar-refractivity contribution in [3.05, 3.63) is 58.7 Å². The van der Waals surface area contributed by atoms with Gasteiger partial charge in [0.2, 0.25) is 0 Å². The van der Waals surface area contributed by atoms with Crippen molar-refractivity contribution in [1.82, 2.24) is 0 Å². The van der Waals surface area contributed by atoms with E-state index in [1.54, 1.807) is 0 Å². The topological polar surface area (TPSA) is 52.6 Å². The van der Waals surface area contributed by atoms with Gasteiger partial charge in [-0.25, -0.2) is 9.59 Å². The first-order chi connectivity index (χ1) is 26.8. The first-order valence-corrected chi connectivity index (χ1v) is 22.9. The second-order valence-corrected chi connectivity index (χ2v) is 20.0. The van der Waals surface area contributed by atoms with Crippen molar-refractivity contribution in [3.8, 4) is 11.5 Å². The van der Waals surface area contributed by atoms with Crippen LogP contribution in [0.15, 0.2) is 36.4 Å². The summed E-state index contributed by atoms with van der Waals surface area (Å²) in [5.41, 5.74) is 4.42. The molecule has 57 heavy (non-hydrogen) atoms. The Kier molecular flexibility index (Phi) is 22.7. The van der Waals surface area contributed by atoms with Crippen LogP contribution in [0.25, 0.3) is 0 Å². The molecule has 2 aromatic carbocycles. The van der Waals surface area contributed by atoms with Gasteiger partial charge in [-0.2, -0.15) is 0 Å². The van der Waals surface area contributed by atoms with Gasteiger partial charge in [0, 0.05) is 0 Å². The lowest BCUT2D eigenvalue weighted by Gasteiger charge is -2.30. The van der Waals surface area contributed by atoms with Crippen LogP contribution >= 0.6 is 0 Å². The summed E-state index contributed by atoms with van der Waals surface area (Å²) in [5, 5.41) is 0. The average Bonchev–Trinajstić information content (AvgIpc) is 3.09. The Morgan fingerprint density at radius 2 is 0.702 bits per heavy atom. The molecule has 0 unspecified atom stereocenters. The monoisotopic (exact) mass is 795 g/mol. The van der Waals surface area contributed by atoms with E-state index < -0.39 is 0 Å². The van der Waals surface area contributed by atoms with Gasteiger partial charge in [0.25, 0.3) is 0 Å². The number of quaternary nitrogens is 3. The third kappa shape index (κ3) is 22.3. The molecule has 0 atom stereocenters. The highest BCUT2D eigenvalue weighted by molar-refractivity contribution is 5.74. The summed E-state index contributed by atoms with van der Waals surface area (Å²) >= 11 is 0. The molecule has 324 valence electrons. The van der Waals surface area contributed by atoms with E-state index in [4.69, 9.17) is 9.47 Å². The predicted octanol–water partition coefficient (Wildman–Crippen LogP) is 11.5. The molecule has 0 N–H and O–H groups in total. The smallest absolute Gasteiger partial charge is 0.367 e. The number of carbonyl (C=O) groups is 2. The number of rotatable bonds is 30. The van der Waals surface area contributed by atoms with Crippen molar-refractivity contribution in [2.75, 3.05) is 81.6 Å². The number of carbonyl (C=O) groups excluding carboxylic acids is 2. The number of ether oxygens (including phenoxy) is 2. The Balaban J connectivity index is 1.44. The van der Waals surface area contributed by atoms with Crippen molar-refractivity contribution < 1.29 is 32.5 Å². The Hall–Kier alpha value is -2.74. The first-order valence-electron chi connectivity index (χ1n) is 22.9. The summed E-state index contributed by atoms with van der Waals surface area (Å²) in [4.78, 5) is 25.6. The molecule has 0 bridgehead atoms. The highest BCUT2D eigenvalue weighted by Crippen LogP contribution is 2.29. The maximum Gasteiger partial charge on any atom is 0.367 e. The lowest BCUT2D eigenvalue weighted by molar-refractivity contribution is -0.890. The second kappa shape index (κ2) is 25.7. The summed E-state index contributed by atoms with van der Waals surface area (Å²) in [6.45, 7) is 18.0. The zero-order chi connectivity index (χ0) is 42.5. The van der Waals surface area contributed by atoms with Gasteiger partial charge in [-0.05, 0) is 111 Å². The molecule has 0 radical (unpaired) electrons. The zero-order valence-corrected chi connectivity index (χ0v) is 39.1. The van der Waals surface area contributed by atoms with Crippen molar-refractivity contribution >= 4 is 11.9 Å². The fraction of sp³-hybridized carbons (Fsp3) is 0.720. The number of hydrogen-bond acceptors (Lipinski definition) is 4. The van der Waals surface area contributed by atoms with Crippen molar-refractivity contribution in [2.45, 2.75) is 156 Å². The average molecular weight is 795 g/mol. The van der Waals surface area contributed by atoms with Crippen LogP contribution in [0, 0.1) is 13.8 Å². The van der Waals surface area contributed by atoms with E-state index in [0.29, 0.717) is 33.9 Å². The van der Waals surface area contributed by atoms with Gasteiger partial charge in [0.15, 0.2) is 13.1 Å². The second-order valence-electron chi connectivity index (χ2n) is 20.0. The Morgan fingerprint density at radius 1 is 0.439 bits per heavy atom. The Labute approximate surface area is 351 Å². The Bertz CT molecular complexity index is 1350. The fourth-order valence-electron chi connectivity index (χ4n) is 7.97. The highest BCUT2D eigenvalue weighted by atomic mass is 16.5. The summed E-state index contributed by atoms with van der Waals surface area (Å²) in [6.07, 6.45) is 20.7. The summed E-state index contributed by atoms with van der Waals surface area (Å²) in [6, 6.07) is 12.3. The van der Waals surface area contributed by atoms with E-state index in [1.165, 1.54) is 103 Å². The normalized spacial score (nSPS) is 12.5. The minimum Gasteiger partial charge on any atom is -0.422 e. The maximum absolute atomic E-state index is 12.8. The molecule has 0 heterocycles. The van der Waals surface area contributed by atoms with Gasteiger partial charge in [-0.1, -0.05) is 103 Å². The maximum atomic E-state index is 12.8. The van der Waals surface area contributed by atoms with Crippen molar-refractivity contribution in [2.24, 2.45) is 0 Å². The number of esters is 2. The van der Waals surface area contributed by atoms with Gasteiger partial charge in [0.05, 0.1) is 68.5 Å². The van der Waals surface area contributed by atoms with Crippen LogP contribution in [0.2, 0.25) is 0 Å². The molecule has 0 aliphatic carbocycles. The number of hydrogen-bond donors (Lipinski definition) is 0. The highest BCUT2D eigenvalue weighted by Gasteiger charge is 2.24. The summed E-state index contributed by atoms with van der Waals surface area (Å²) in [5.74, 6) is 1.80. The molecular weight excluding hydrogens is 707 g/mol. The molecule has 0 amide bonds. The molecule has 2 rings (SSSR count). The predicted molar refractivity (Wildman–Crippen MR) is 241 cm³/mol. The summed E-state index contributed by atoms with van der Waals surface area (Å²) in [7, 11) is 13.4. The van der Waals surface area contributed by atoms with Gasteiger partial charge in [-0.3, -0.25) is 0 Å². The standard InChI is InChI=1S/C50H88N3O4/c1-41(2)45-31-29-43(5)37-47(45)56-49(54)39-52(9,10)35-27-23-19-15-13-17-21-25-33-51(7,8)34-26-22-18-14-16-20-24-28-36-53(11,12)40-50(55)57-48-38-44(6)30-32-46(48)42(3)4/h29-32,37-38,41-42H,13-28,33-36,39-40H2,1-12H3/q+3. The van der Waals surface area contributed by atoms with Gasteiger partial charge >= 0.3 is 11.9 Å². The van der Waals surface area contributed by atoms with Gasteiger partial charge < -0.3 is 22.9 Å². The van der Waals surface area contributed by atoms with Crippen LogP contribution in [0.3, 0.4) is 0 Å². The minimum absolute atomic E-state index is 0.138. The van der Waals surface area contributed by atoms with E-state index in [9.17, 15) is 9.59 Å².